The van der Waals surface area contributed by atoms with Crippen molar-refractivity contribution in [2.75, 3.05) is 0 Å². The zero-order valence-electron chi connectivity index (χ0n) is 10.8. The minimum absolute atomic E-state index is 0.225. The summed E-state index contributed by atoms with van der Waals surface area (Å²) in [6, 6.07) is 2.42. The van der Waals surface area contributed by atoms with Crippen LogP contribution in [0, 0.1) is 40.9 Å². The molecule has 3 nitrogen and oxygen atoms in total. The predicted molar refractivity (Wildman–Crippen MR) is 66.2 cm³/mol. The maximum atomic E-state index is 11.5. The lowest BCUT2D eigenvalue weighted by Gasteiger charge is -2.39. The Morgan fingerprint density at radius 1 is 1.44 bits per heavy atom. The van der Waals surface area contributed by atoms with Gasteiger partial charge in [-0.05, 0) is 50.4 Å². The minimum atomic E-state index is -0.318. The maximum Gasteiger partial charge on any atom is 0.330 e. The van der Waals surface area contributed by atoms with Crippen molar-refractivity contribution in [2.24, 2.45) is 29.6 Å². The van der Waals surface area contributed by atoms with Crippen molar-refractivity contribution in [3.63, 3.8) is 0 Å². The van der Waals surface area contributed by atoms with E-state index in [0.29, 0.717) is 23.7 Å². The fourth-order valence-electron chi connectivity index (χ4n) is 4.89. The van der Waals surface area contributed by atoms with E-state index in [9.17, 15) is 4.79 Å². The molecule has 6 atom stereocenters. The van der Waals surface area contributed by atoms with Gasteiger partial charge in [-0.25, -0.2) is 4.79 Å². The number of nitrogens with zero attached hydrogens (tertiary/aromatic N) is 1. The van der Waals surface area contributed by atoms with Crippen molar-refractivity contribution < 1.29 is 9.53 Å². The molecular formula is C15H19NO2. The third kappa shape index (κ3) is 1.51. The summed E-state index contributed by atoms with van der Waals surface area (Å²) in [6.07, 6.45) is 5.46. The number of esters is 1. The monoisotopic (exact) mass is 245 g/mol. The second-order valence-electron chi connectivity index (χ2n) is 6.37. The second-order valence-corrected chi connectivity index (χ2v) is 6.37. The third-order valence-electron chi connectivity index (χ3n) is 5.48. The van der Waals surface area contributed by atoms with Gasteiger partial charge in [-0.3, -0.25) is 0 Å². The van der Waals surface area contributed by atoms with E-state index in [0.717, 1.165) is 19.3 Å². The summed E-state index contributed by atoms with van der Waals surface area (Å²) in [5, 5.41) is 9.08. The van der Waals surface area contributed by atoms with E-state index in [1.54, 1.807) is 0 Å². The van der Waals surface area contributed by atoms with Crippen molar-refractivity contribution in [2.45, 2.75) is 38.2 Å². The molecular weight excluding hydrogens is 226 g/mol. The van der Waals surface area contributed by atoms with Gasteiger partial charge in [-0.1, -0.05) is 6.58 Å². The summed E-state index contributed by atoms with van der Waals surface area (Å²) in [4.78, 5) is 11.5. The lowest BCUT2D eigenvalue weighted by molar-refractivity contribution is -0.160. The molecule has 3 rings (SSSR count). The molecule has 0 N–H and O–H groups in total. The number of fused-ring (bicyclic) bond motifs is 5. The number of hydrogen-bond donors (Lipinski definition) is 0. The summed E-state index contributed by atoms with van der Waals surface area (Å²) in [5.74, 6) is 2.32. The molecule has 0 aliphatic heterocycles. The summed E-state index contributed by atoms with van der Waals surface area (Å²) >= 11 is 0. The van der Waals surface area contributed by atoms with E-state index in [1.165, 1.54) is 12.5 Å². The Hall–Kier alpha value is -1.30. The van der Waals surface area contributed by atoms with Crippen LogP contribution in [0.5, 0.6) is 0 Å². The van der Waals surface area contributed by atoms with Crippen LogP contribution in [-0.2, 0) is 9.53 Å². The fourth-order valence-corrected chi connectivity index (χ4v) is 4.89. The topological polar surface area (TPSA) is 50.1 Å². The van der Waals surface area contributed by atoms with Crippen LogP contribution in [-0.4, -0.2) is 11.6 Å². The predicted octanol–water partition coefficient (Wildman–Crippen LogP) is 2.68. The summed E-state index contributed by atoms with van der Waals surface area (Å²) in [6.45, 7) is 5.53. The van der Waals surface area contributed by atoms with E-state index in [2.05, 4.69) is 19.6 Å². The van der Waals surface area contributed by atoms with Crippen LogP contribution in [0.15, 0.2) is 12.7 Å². The van der Waals surface area contributed by atoms with Crippen molar-refractivity contribution in [3.05, 3.63) is 12.7 Å². The number of ether oxygens (including phenoxy) is 1. The van der Waals surface area contributed by atoms with Crippen LogP contribution >= 0.6 is 0 Å². The first-order chi connectivity index (χ1) is 8.57. The summed E-state index contributed by atoms with van der Waals surface area (Å²) < 4.78 is 5.62. The Bertz CT molecular complexity index is 438. The molecule has 0 spiro atoms. The van der Waals surface area contributed by atoms with Gasteiger partial charge in [0.15, 0.2) is 0 Å². The molecule has 3 aliphatic rings. The number of carbonyl (C=O) groups excluding carboxylic acids is 1. The Kier molecular flexibility index (Phi) is 2.52. The van der Waals surface area contributed by atoms with Gasteiger partial charge in [0.05, 0.1) is 6.07 Å². The molecule has 0 aromatic rings. The minimum Gasteiger partial charge on any atom is -0.456 e. The molecule has 2 bridgehead atoms. The molecule has 6 unspecified atom stereocenters. The molecule has 0 amide bonds. The smallest absolute Gasteiger partial charge is 0.330 e. The first-order valence-electron chi connectivity index (χ1n) is 6.82. The molecule has 18 heavy (non-hydrogen) atoms. The Morgan fingerprint density at radius 2 is 2.17 bits per heavy atom. The first kappa shape index (κ1) is 11.8. The van der Waals surface area contributed by atoms with Crippen LogP contribution in [0.2, 0.25) is 0 Å². The van der Waals surface area contributed by atoms with E-state index < -0.39 is 0 Å². The van der Waals surface area contributed by atoms with Gasteiger partial charge in [0, 0.05) is 17.9 Å². The average molecular weight is 245 g/mol. The first-order valence-corrected chi connectivity index (χ1v) is 6.82. The zero-order chi connectivity index (χ0) is 12.9. The summed E-state index contributed by atoms with van der Waals surface area (Å²) in [7, 11) is 0. The molecule has 0 saturated heterocycles. The number of nitriles is 1. The summed E-state index contributed by atoms with van der Waals surface area (Å²) in [5.41, 5.74) is -0.318. The van der Waals surface area contributed by atoms with E-state index in [-0.39, 0.29) is 17.5 Å². The van der Waals surface area contributed by atoms with Crippen LogP contribution in [0.1, 0.15) is 32.6 Å². The lowest BCUT2D eigenvalue weighted by atomic mass is 9.73. The van der Waals surface area contributed by atoms with Gasteiger partial charge in [0.1, 0.15) is 5.60 Å². The van der Waals surface area contributed by atoms with Crippen LogP contribution in [0.4, 0.5) is 0 Å². The van der Waals surface area contributed by atoms with Crippen molar-refractivity contribution in [1.82, 2.24) is 0 Å². The standard InChI is InChI=1S/C15H19NO2/c1-3-14(17)18-15(2)7-10-6-13(15)12-5-9(8-16)4-11(10)12/h3,9-13H,1,4-7H2,2H3. The Morgan fingerprint density at radius 3 is 2.83 bits per heavy atom. The van der Waals surface area contributed by atoms with Crippen LogP contribution in [0.3, 0.4) is 0 Å². The molecule has 0 aromatic carbocycles. The lowest BCUT2D eigenvalue weighted by Crippen LogP contribution is -2.42. The molecule has 0 radical (unpaired) electrons. The molecule has 0 aromatic heterocycles. The second kappa shape index (κ2) is 3.85. The van der Waals surface area contributed by atoms with Gasteiger partial charge in [0.25, 0.3) is 0 Å². The highest BCUT2D eigenvalue weighted by Crippen LogP contribution is 2.64. The maximum absolute atomic E-state index is 11.5. The van der Waals surface area contributed by atoms with Gasteiger partial charge >= 0.3 is 5.97 Å². The van der Waals surface area contributed by atoms with Crippen molar-refractivity contribution >= 4 is 5.97 Å². The van der Waals surface area contributed by atoms with E-state index >= 15 is 0 Å². The number of rotatable bonds is 2. The Balaban J connectivity index is 1.79. The average Bonchev–Trinajstić information content (AvgIpc) is 2.96. The highest BCUT2D eigenvalue weighted by molar-refractivity contribution is 5.81. The highest BCUT2D eigenvalue weighted by atomic mass is 16.6. The van der Waals surface area contributed by atoms with Gasteiger partial charge in [-0.15, -0.1) is 0 Å². The Labute approximate surface area is 108 Å². The van der Waals surface area contributed by atoms with Crippen molar-refractivity contribution in [3.8, 4) is 6.07 Å². The zero-order valence-corrected chi connectivity index (χ0v) is 10.8. The quantitative estimate of drug-likeness (QED) is 0.555. The molecule has 0 heterocycles. The van der Waals surface area contributed by atoms with Crippen LogP contribution < -0.4 is 0 Å². The third-order valence-corrected chi connectivity index (χ3v) is 5.48. The SMILES string of the molecule is C=CC(=O)OC1(C)CC2CC1C1CC(C#N)CC21. The normalized spacial score (nSPS) is 48.6. The fraction of sp³-hybridized carbons (Fsp3) is 0.733. The van der Waals surface area contributed by atoms with E-state index in [1.807, 2.05) is 0 Å². The molecule has 3 heteroatoms. The molecule has 3 fully saturated rings. The number of carbonyl (C=O) groups is 1. The number of hydrogen-bond acceptors (Lipinski definition) is 3. The molecule has 3 aliphatic carbocycles. The van der Waals surface area contributed by atoms with Gasteiger partial charge in [-0.2, -0.15) is 5.26 Å². The largest absolute Gasteiger partial charge is 0.456 e. The van der Waals surface area contributed by atoms with Crippen LogP contribution in [0.25, 0.3) is 0 Å². The van der Waals surface area contributed by atoms with E-state index in [4.69, 9.17) is 10.00 Å². The molecule has 96 valence electrons. The van der Waals surface area contributed by atoms with Gasteiger partial charge < -0.3 is 4.74 Å². The molecule has 3 saturated carbocycles. The highest BCUT2D eigenvalue weighted by Gasteiger charge is 2.62. The van der Waals surface area contributed by atoms with Crippen molar-refractivity contribution in [1.29, 1.82) is 5.26 Å². The van der Waals surface area contributed by atoms with Gasteiger partial charge in [0.2, 0.25) is 0 Å².